The number of guanidine groups is 1. The molecular formula is C18H36N4O3S2. The Morgan fingerprint density at radius 3 is 2.52 bits per heavy atom. The molecule has 2 aliphatic heterocycles. The fraction of sp³-hybridized carbons (Fsp3) is 0.944. The number of likely N-dealkylation sites (tertiary alicyclic amines) is 1. The normalized spacial score (nSPS) is 22.6. The van der Waals surface area contributed by atoms with Crippen molar-refractivity contribution in [3.63, 3.8) is 0 Å². The predicted octanol–water partition coefficient (Wildman–Crippen LogP) is 0.963. The van der Waals surface area contributed by atoms with E-state index in [9.17, 15) is 8.42 Å². The Morgan fingerprint density at radius 1 is 1.30 bits per heavy atom. The van der Waals surface area contributed by atoms with E-state index in [4.69, 9.17) is 9.73 Å². The van der Waals surface area contributed by atoms with Gasteiger partial charge in [0, 0.05) is 56.4 Å². The molecule has 158 valence electrons. The maximum absolute atomic E-state index is 11.3. The van der Waals surface area contributed by atoms with Gasteiger partial charge in [-0.05, 0) is 38.9 Å². The molecule has 0 atom stereocenters. The van der Waals surface area contributed by atoms with Gasteiger partial charge in [-0.25, -0.2) is 8.42 Å². The zero-order chi connectivity index (χ0) is 19.8. The van der Waals surface area contributed by atoms with Crippen LogP contribution in [0.1, 0.15) is 32.6 Å². The molecule has 0 aromatic heterocycles. The van der Waals surface area contributed by atoms with Crippen molar-refractivity contribution in [2.24, 2.45) is 4.99 Å². The summed E-state index contributed by atoms with van der Waals surface area (Å²) in [4.78, 5) is 7.13. The molecule has 0 amide bonds. The van der Waals surface area contributed by atoms with E-state index in [-0.39, 0.29) is 10.5 Å². The van der Waals surface area contributed by atoms with Gasteiger partial charge in [0.1, 0.15) is 9.84 Å². The highest BCUT2D eigenvalue weighted by molar-refractivity contribution is 8.00. The quantitative estimate of drug-likeness (QED) is 0.447. The van der Waals surface area contributed by atoms with Gasteiger partial charge in [-0.3, -0.25) is 4.99 Å². The van der Waals surface area contributed by atoms with Crippen LogP contribution in [0.15, 0.2) is 4.99 Å². The van der Waals surface area contributed by atoms with Crippen molar-refractivity contribution in [2.45, 2.75) is 43.4 Å². The van der Waals surface area contributed by atoms with E-state index >= 15 is 0 Å². The number of piperidine rings is 1. The van der Waals surface area contributed by atoms with E-state index in [2.05, 4.69) is 28.7 Å². The lowest BCUT2D eigenvalue weighted by molar-refractivity contribution is 0.0794. The maximum Gasteiger partial charge on any atom is 0.191 e. The summed E-state index contributed by atoms with van der Waals surface area (Å²) in [6.45, 7) is 7.88. The van der Waals surface area contributed by atoms with Crippen LogP contribution in [0.5, 0.6) is 0 Å². The molecule has 2 fully saturated rings. The summed E-state index contributed by atoms with van der Waals surface area (Å²) in [5, 5.41) is 6.96. The Balaban J connectivity index is 1.83. The second kappa shape index (κ2) is 10.9. The standard InChI is InChI=1S/C18H36N4O3S2/c1-4-19-17(20-15-18(26-2)7-12-25-13-8-18)21-16-5-9-22(10-6-16)11-14-27(3,23)24/h16H,4-15H2,1-3H3,(H2,19,20,21). The highest BCUT2D eigenvalue weighted by atomic mass is 32.2. The average molecular weight is 421 g/mol. The second-order valence-corrected chi connectivity index (χ2v) is 11.1. The molecule has 2 rings (SSSR count). The number of nitrogens with zero attached hydrogens (tertiary/aromatic N) is 2. The summed E-state index contributed by atoms with van der Waals surface area (Å²) in [5.41, 5.74) is 0. The highest BCUT2D eigenvalue weighted by Gasteiger charge is 2.31. The summed E-state index contributed by atoms with van der Waals surface area (Å²) in [6, 6.07) is 0.386. The predicted molar refractivity (Wildman–Crippen MR) is 115 cm³/mol. The number of sulfone groups is 1. The average Bonchev–Trinajstić information content (AvgIpc) is 2.66. The SMILES string of the molecule is CCNC(=NCC1(SC)CCOCC1)NC1CCN(CCS(C)(=O)=O)CC1. The van der Waals surface area contributed by atoms with Gasteiger partial charge in [-0.2, -0.15) is 11.8 Å². The van der Waals surface area contributed by atoms with Crippen LogP contribution in [0.4, 0.5) is 0 Å². The zero-order valence-electron chi connectivity index (χ0n) is 17.0. The second-order valence-electron chi connectivity index (χ2n) is 7.58. The molecule has 27 heavy (non-hydrogen) atoms. The first-order valence-electron chi connectivity index (χ1n) is 9.93. The Hall–Kier alpha value is -0.510. The number of ether oxygens (including phenoxy) is 1. The molecule has 0 spiro atoms. The molecule has 9 heteroatoms. The summed E-state index contributed by atoms with van der Waals surface area (Å²) >= 11 is 1.91. The summed E-state index contributed by atoms with van der Waals surface area (Å²) in [7, 11) is -2.89. The largest absolute Gasteiger partial charge is 0.381 e. The Labute approximate surface area is 169 Å². The number of aliphatic imine (C=N–C) groups is 1. The lowest BCUT2D eigenvalue weighted by atomic mass is 9.99. The van der Waals surface area contributed by atoms with Crippen LogP contribution in [-0.4, -0.2) is 94.3 Å². The smallest absolute Gasteiger partial charge is 0.191 e. The Morgan fingerprint density at radius 2 is 1.96 bits per heavy atom. The summed E-state index contributed by atoms with van der Waals surface area (Å²) < 4.78 is 28.4. The molecular weight excluding hydrogens is 384 g/mol. The molecule has 0 unspecified atom stereocenters. The van der Waals surface area contributed by atoms with E-state index in [1.165, 1.54) is 6.26 Å². The topological polar surface area (TPSA) is 83.0 Å². The van der Waals surface area contributed by atoms with Gasteiger partial charge >= 0.3 is 0 Å². The lowest BCUT2D eigenvalue weighted by Gasteiger charge is -2.35. The van der Waals surface area contributed by atoms with Gasteiger partial charge in [0.2, 0.25) is 0 Å². The Kier molecular flexibility index (Phi) is 9.18. The molecule has 2 N–H and O–H groups in total. The molecule has 0 aromatic rings. The first-order valence-corrected chi connectivity index (χ1v) is 13.2. The number of hydrogen-bond acceptors (Lipinski definition) is 6. The van der Waals surface area contributed by atoms with Crippen LogP contribution in [-0.2, 0) is 14.6 Å². The van der Waals surface area contributed by atoms with E-state index < -0.39 is 9.84 Å². The highest BCUT2D eigenvalue weighted by Crippen LogP contribution is 2.34. The van der Waals surface area contributed by atoms with Crippen molar-refractivity contribution in [1.29, 1.82) is 0 Å². The fourth-order valence-corrected chi connectivity index (χ4v) is 4.86. The number of nitrogens with one attached hydrogen (secondary N) is 2. The van der Waals surface area contributed by atoms with Crippen LogP contribution in [0.25, 0.3) is 0 Å². The monoisotopic (exact) mass is 420 g/mol. The van der Waals surface area contributed by atoms with Gasteiger partial charge in [-0.15, -0.1) is 0 Å². The number of rotatable bonds is 8. The number of thioether (sulfide) groups is 1. The summed E-state index contributed by atoms with van der Waals surface area (Å²) in [6.07, 6.45) is 7.60. The van der Waals surface area contributed by atoms with Crippen LogP contribution < -0.4 is 10.6 Å². The molecule has 0 aliphatic carbocycles. The van der Waals surface area contributed by atoms with Gasteiger partial charge < -0.3 is 20.3 Å². The minimum absolute atomic E-state index is 0.190. The molecule has 0 aromatic carbocycles. The zero-order valence-corrected chi connectivity index (χ0v) is 18.6. The molecule has 2 saturated heterocycles. The molecule has 0 radical (unpaired) electrons. The molecule has 2 aliphatic rings. The van der Waals surface area contributed by atoms with Crippen molar-refractivity contribution in [3.05, 3.63) is 0 Å². The van der Waals surface area contributed by atoms with Crippen LogP contribution in [0, 0.1) is 0 Å². The van der Waals surface area contributed by atoms with E-state index in [1.807, 2.05) is 11.8 Å². The van der Waals surface area contributed by atoms with Crippen molar-refractivity contribution in [3.8, 4) is 0 Å². The van der Waals surface area contributed by atoms with Crippen LogP contribution >= 0.6 is 11.8 Å². The van der Waals surface area contributed by atoms with Gasteiger partial charge in [0.05, 0.1) is 12.3 Å². The molecule has 0 saturated carbocycles. The van der Waals surface area contributed by atoms with Gasteiger partial charge in [0.15, 0.2) is 5.96 Å². The van der Waals surface area contributed by atoms with E-state index in [1.54, 1.807) is 0 Å². The summed E-state index contributed by atoms with van der Waals surface area (Å²) in [5.74, 6) is 1.14. The van der Waals surface area contributed by atoms with E-state index in [0.717, 1.165) is 71.0 Å². The fourth-order valence-electron chi connectivity index (χ4n) is 3.50. The van der Waals surface area contributed by atoms with Crippen LogP contribution in [0.3, 0.4) is 0 Å². The maximum atomic E-state index is 11.3. The third-order valence-corrected chi connectivity index (χ3v) is 7.74. The first kappa shape index (κ1) is 22.8. The number of hydrogen-bond donors (Lipinski definition) is 2. The van der Waals surface area contributed by atoms with Crippen LogP contribution in [0.2, 0.25) is 0 Å². The molecule has 2 heterocycles. The Bertz CT molecular complexity index is 569. The van der Waals surface area contributed by atoms with Crippen molar-refractivity contribution in [2.75, 3.05) is 64.2 Å². The van der Waals surface area contributed by atoms with Crippen molar-refractivity contribution < 1.29 is 13.2 Å². The van der Waals surface area contributed by atoms with Crippen molar-refractivity contribution in [1.82, 2.24) is 15.5 Å². The molecule has 7 nitrogen and oxygen atoms in total. The molecule has 0 bridgehead atoms. The van der Waals surface area contributed by atoms with Crippen molar-refractivity contribution >= 4 is 27.6 Å². The first-order chi connectivity index (χ1) is 12.9. The third-order valence-electron chi connectivity index (χ3n) is 5.41. The minimum atomic E-state index is -2.89. The third kappa shape index (κ3) is 8.17. The van der Waals surface area contributed by atoms with Gasteiger partial charge in [-0.1, -0.05) is 0 Å². The minimum Gasteiger partial charge on any atom is -0.381 e. The van der Waals surface area contributed by atoms with Gasteiger partial charge in [0.25, 0.3) is 0 Å². The van der Waals surface area contributed by atoms with E-state index in [0.29, 0.717) is 12.6 Å². The lowest BCUT2D eigenvalue weighted by Crippen LogP contribution is -2.49.